The maximum Gasteiger partial charge on any atom is 0.340 e. The number of ether oxygens (including phenoxy) is 2. The van der Waals surface area contributed by atoms with Crippen molar-refractivity contribution >= 4 is 11.9 Å². The summed E-state index contributed by atoms with van der Waals surface area (Å²) >= 11 is 0. The Labute approximate surface area is 121 Å². The summed E-state index contributed by atoms with van der Waals surface area (Å²) in [5.74, 6) is -1.48. The molecule has 0 unspecified atom stereocenters. The number of nitrogens with zero attached hydrogens (tertiary/aromatic N) is 2. The molecule has 108 valence electrons. The van der Waals surface area contributed by atoms with Crippen LogP contribution in [-0.2, 0) is 19.1 Å². The van der Waals surface area contributed by atoms with Crippen LogP contribution in [0.3, 0.4) is 0 Å². The molecular weight excluding hydrogens is 274 g/mol. The highest BCUT2D eigenvalue weighted by Crippen LogP contribution is 2.27. The molecule has 7 heteroatoms. The summed E-state index contributed by atoms with van der Waals surface area (Å²) in [4.78, 5) is 23.8. The van der Waals surface area contributed by atoms with E-state index in [-0.39, 0.29) is 35.5 Å². The first-order chi connectivity index (χ1) is 10.1. The fourth-order valence-electron chi connectivity index (χ4n) is 1.64. The number of carbonyl (C=O) groups excluding carboxylic acids is 2. The number of nitrogens with one attached hydrogen (secondary N) is 1. The number of nitriles is 2. The molecule has 0 radical (unpaired) electrons. The molecule has 0 fully saturated rings. The van der Waals surface area contributed by atoms with Gasteiger partial charge in [-0.1, -0.05) is 0 Å². The molecule has 0 spiro atoms. The highest BCUT2D eigenvalue weighted by Gasteiger charge is 2.30. The number of hydrogen-bond acceptors (Lipinski definition) is 7. The van der Waals surface area contributed by atoms with Crippen molar-refractivity contribution < 1.29 is 19.1 Å². The SMILES string of the molecule is CCOC(=O)C1=CNC=C(C(=O)OCC)C1=C(C#N)C#N. The molecule has 0 amide bonds. The van der Waals surface area contributed by atoms with Gasteiger partial charge in [-0.25, -0.2) is 9.59 Å². The second kappa shape index (κ2) is 7.51. The predicted octanol–water partition coefficient (Wildman–Crippen LogP) is 0.827. The lowest BCUT2D eigenvalue weighted by Gasteiger charge is -2.17. The van der Waals surface area contributed by atoms with Crippen molar-refractivity contribution in [3.05, 3.63) is 34.7 Å². The summed E-state index contributed by atoms with van der Waals surface area (Å²) in [5, 5.41) is 20.7. The van der Waals surface area contributed by atoms with E-state index in [0.29, 0.717) is 0 Å². The highest BCUT2D eigenvalue weighted by atomic mass is 16.5. The molecule has 21 heavy (non-hydrogen) atoms. The van der Waals surface area contributed by atoms with Crippen molar-refractivity contribution in [2.24, 2.45) is 0 Å². The van der Waals surface area contributed by atoms with E-state index >= 15 is 0 Å². The Morgan fingerprint density at radius 2 is 1.48 bits per heavy atom. The van der Waals surface area contributed by atoms with E-state index < -0.39 is 11.9 Å². The third kappa shape index (κ3) is 3.48. The molecule has 0 bridgehead atoms. The molecule has 0 saturated heterocycles. The molecule has 1 heterocycles. The van der Waals surface area contributed by atoms with Crippen molar-refractivity contribution in [2.45, 2.75) is 13.8 Å². The lowest BCUT2D eigenvalue weighted by atomic mass is 9.92. The third-order valence-electron chi connectivity index (χ3n) is 2.46. The summed E-state index contributed by atoms with van der Waals surface area (Å²) < 4.78 is 9.72. The quantitative estimate of drug-likeness (QED) is 0.601. The first-order valence-electron chi connectivity index (χ1n) is 6.16. The van der Waals surface area contributed by atoms with Gasteiger partial charge in [0.05, 0.1) is 24.4 Å². The second-order valence-corrected chi connectivity index (χ2v) is 3.70. The zero-order valence-corrected chi connectivity index (χ0v) is 11.6. The van der Waals surface area contributed by atoms with Gasteiger partial charge in [-0.05, 0) is 13.8 Å². The van der Waals surface area contributed by atoms with Crippen LogP contribution in [-0.4, -0.2) is 25.2 Å². The Kier molecular flexibility index (Phi) is 5.72. The fraction of sp³-hybridized carbons (Fsp3) is 0.286. The molecule has 0 atom stereocenters. The zero-order valence-electron chi connectivity index (χ0n) is 11.6. The van der Waals surface area contributed by atoms with Crippen LogP contribution in [0.25, 0.3) is 0 Å². The summed E-state index contributed by atoms with van der Waals surface area (Å²) in [5.41, 5.74) is -0.591. The van der Waals surface area contributed by atoms with Crippen LogP contribution in [0.5, 0.6) is 0 Å². The minimum atomic E-state index is -0.738. The lowest BCUT2D eigenvalue weighted by molar-refractivity contribution is -0.138. The average Bonchev–Trinajstić information content (AvgIpc) is 2.49. The molecule has 0 aromatic heterocycles. The second-order valence-electron chi connectivity index (χ2n) is 3.70. The molecule has 0 aliphatic carbocycles. The Hall–Kier alpha value is -3.06. The van der Waals surface area contributed by atoms with Gasteiger partial charge in [-0.15, -0.1) is 0 Å². The molecule has 1 rings (SSSR count). The molecule has 1 aliphatic heterocycles. The zero-order chi connectivity index (χ0) is 15.8. The van der Waals surface area contributed by atoms with Gasteiger partial charge in [-0.3, -0.25) is 0 Å². The van der Waals surface area contributed by atoms with Gasteiger partial charge < -0.3 is 14.8 Å². The van der Waals surface area contributed by atoms with Crippen LogP contribution in [0.15, 0.2) is 34.7 Å². The van der Waals surface area contributed by atoms with Gasteiger partial charge in [0.15, 0.2) is 0 Å². The number of rotatable bonds is 4. The largest absolute Gasteiger partial charge is 0.462 e. The monoisotopic (exact) mass is 287 g/mol. The van der Waals surface area contributed by atoms with E-state index in [1.807, 2.05) is 0 Å². The van der Waals surface area contributed by atoms with Crippen molar-refractivity contribution in [1.82, 2.24) is 5.32 Å². The molecular formula is C14H13N3O4. The van der Waals surface area contributed by atoms with Gasteiger partial charge >= 0.3 is 11.9 Å². The summed E-state index contributed by atoms with van der Waals surface area (Å²) in [6, 6.07) is 3.34. The van der Waals surface area contributed by atoms with E-state index in [1.165, 1.54) is 12.4 Å². The van der Waals surface area contributed by atoms with Crippen molar-refractivity contribution in [1.29, 1.82) is 10.5 Å². The van der Waals surface area contributed by atoms with E-state index in [2.05, 4.69) is 5.32 Å². The van der Waals surface area contributed by atoms with E-state index in [9.17, 15) is 9.59 Å². The van der Waals surface area contributed by atoms with Gasteiger partial charge in [0, 0.05) is 18.0 Å². The molecule has 1 aliphatic rings. The number of esters is 2. The van der Waals surface area contributed by atoms with Gasteiger partial charge in [-0.2, -0.15) is 10.5 Å². The molecule has 0 aromatic carbocycles. The Morgan fingerprint density at radius 1 is 1.05 bits per heavy atom. The lowest BCUT2D eigenvalue weighted by Crippen LogP contribution is -2.23. The molecule has 7 nitrogen and oxygen atoms in total. The Balaban J connectivity index is 3.38. The Morgan fingerprint density at radius 3 is 1.81 bits per heavy atom. The molecule has 0 aromatic rings. The highest BCUT2D eigenvalue weighted by molar-refractivity contribution is 6.04. The molecule has 1 N–H and O–H groups in total. The topological polar surface area (TPSA) is 112 Å². The van der Waals surface area contributed by atoms with Crippen molar-refractivity contribution in [2.75, 3.05) is 13.2 Å². The van der Waals surface area contributed by atoms with Gasteiger partial charge in [0.2, 0.25) is 0 Å². The van der Waals surface area contributed by atoms with Crippen LogP contribution in [0, 0.1) is 22.7 Å². The third-order valence-corrected chi connectivity index (χ3v) is 2.46. The first kappa shape index (κ1) is 16.0. The van der Waals surface area contributed by atoms with Gasteiger partial charge in [0.1, 0.15) is 17.7 Å². The summed E-state index contributed by atoms with van der Waals surface area (Å²) in [6.45, 7) is 3.48. The minimum absolute atomic E-state index is 0.0690. The number of dihydropyridines is 1. The normalized spacial score (nSPS) is 12.9. The Bertz CT molecular complexity index is 578. The van der Waals surface area contributed by atoms with Crippen LogP contribution in [0.2, 0.25) is 0 Å². The predicted molar refractivity (Wildman–Crippen MR) is 70.8 cm³/mol. The number of hydrogen-bond donors (Lipinski definition) is 1. The van der Waals surface area contributed by atoms with Gasteiger partial charge in [0.25, 0.3) is 0 Å². The van der Waals surface area contributed by atoms with Crippen molar-refractivity contribution in [3.63, 3.8) is 0 Å². The van der Waals surface area contributed by atoms with Crippen LogP contribution >= 0.6 is 0 Å². The first-order valence-corrected chi connectivity index (χ1v) is 6.16. The van der Waals surface area contributed by atoms with Crippen LogP contribution in [0.1, 0.15) is 13.8 Å². The minimum Gasteiger partial charge on any atom is -0.462 e. The average molecular weight is 287 g/mol. The smallest absolute Gasteiger partial charge is 0.340 e. The standard InChI is InChI=1S/C14H13N3O4/c1-3-20-13(18)10-7-17-8-11(14(19)21-4-2)12(10)9(5-15)6-16/h7-8,17H,3-4H2,1-2H3. The molecule has 0 saturated carbocycles. The summed E-state index contributed by atoms with van der Waals surface area (Å²) in [6.07, 6.45) is 2.54. The van der Waals surface area contributed by atoms with Crippen LogP contribution in [0.4, 0.5) is 0 Å². The van der Waals surface area contributed by atoms with E-state index in [1.54, 1.807) is 26.0 Å². The fourth-order valence-corrected chi connectivity index (χ4v) is 1.64. The summed E-state index contributed by atoms with van der Waals surface area (Å²) in [7, 11) is 0. The van der Waals surface area contributed by atoms with Crippen molar-refractivity contribution in [3.8, 4) is 12.1 Å². The maximum atomic E-state index is 11.9. The van der Waals surface area contributed by atoms with E-state index in [4.69, 9.17) is 20.0 Å². The number of allylic oxidation sites excluding steroid dienone is 1. The number of carbonyl (C=O) groups is 2. The van der Waals surface area contributed by atoms with E-state index in [0.717, 1.165) is 0 Å². The van der Waals surface area contributed by atoms with Crippen LogP contribution < -0.4 is 5.32 Å². The maximum absolute atomic E-state index is 11.9.